The zero-order valence-corrected chi connectivity index (χ0v) is 13.0. The van der Waals surface area contributed by atoms with Gasteiger partial charge in [-0.1, -0.05) is 19.6 Å². The van der Waals surface area contributed by atoms with Gasteiger partial charge in [-0.05, 0) is 30.7 Å². The van der Waals surface area contributed by atoms with Gasteiger partial charge in [0.15, 0.2) is 0 Å². The second-order valence-electron chi connectivity index (χ2n) is 5.82. The minimum Gasteiger partial charge on any atom is -0.396 e. The van der Waals surface area contributed by atoms with Gasteiger partial charge in [-0.15, -0.1) is 0 Å². The lowest BCUT2D eigenvalue weighted by Crippen LogP contribution is -2.31. The maximum absolute atomic E-state index is 11.7. The SMILES string of the molecule is C[Si](C)(C)CNc1ccc(C(=O)NCCCO)cc1. The predicted molar refractivity (Wildman–Crippen MR) is 82.3 cm³/mol. The molecule has 0 atom stereocenters. The van der Waals surface area contributed by atoms with E-state index in [-0.39, 0.29) is 12.5 Å². The summed E-state index contributed by atoms with van der Waals surface area (Å²) < 4.78 is 0. The standard InChI is InChI=1S/C14H24N2O2Si/c1-19(2,3)11-16-13-7-5-12(6-8-13)14(18)15-9-4-10-17/h5-8,16-17H,4,9-11H2,1-3H3,(H,15,18). The number of hydrogen-bond donors (Lipinski definition) is 3. The predicted octanol–water partition coefficient (Wildman–Crippen LogP) is 2.09. The van der Waals surface area contributed by atoms with E-state index in [1.54, 1.807) is 0 Å². The zero-order chi connectivity index (χ0) is 14.3. The van der Waals surface area contributed by atoms with Gasteiger partial charge in [0.25, 0.3) is 5.91 Å². The van der Waals surface area contributed by atoms with Crippen LogP contribution < -0.4 is 10.6 Å². The molecule has 1 rings (SSSR count). The third-order valence-corrected chi connectivity index (χ3v) is 3.83. The van der Waals surface area contributed by atoms with E-state index in [1.807, 2.05) is 24.3 Å². The van der Waals surface area contributed by atoms with E-state index in [1.165, 1.54) is 0 Å². The number of benzene rings is 1. The summed E-state index contributed by atoms with van der Waals surface area (Å²) in [5, 5.41) is 14.8. The maximum atomic E-state index is 11.7. The molecule has 3 N–H and O–H groups in total. The molecule has 0 aromatic heterocycles. The number of carbonyl (C=O) groups excluding carboxylic acids is 1. The van der Waals surface area contributed by atoms with E-state index >= 15 is 0 Å². The summed E-state index contributed by atoms with van der Waals surface area (Å²) in [7, 11) is -1.11. The number of amides is 1. The van der Waals surface area contributed by atoms with E-state index < -0.39 is 8.07 Å². The monoisotopic (exact) mass is 280 g/mol. The molecule has 1 aromatic carbocycles. The lowest BCUT2D eigenvalue weighted by Gasteiger charge is -2.17. The Morgan fingerprint density at radius 1 is 1.21 bits per heavy atom. The van der Waals surface area contributed by atoms with Gasteiger partial charge in [-0.3, -0.25) is 4.79 Å². The number of aliphatic hydroxyl groups excluding tert-OH is 1. The number of aliphatic hydroxyl groups is 1. The molecule has 1 aromatic rings. The highest BCUT2D eigenvalue weighted by molar-refractivity contribution is 6.76. The fourth-order valence-corrected chi connectivity index (χ4v) is 2.22. The van der Waals surface area contributed by atoms with E-state index in [9.17, 15) is 4.79 Å². The summed E-state index contributed by atoms with van der Waals surface area (Å²) in [6.45, 7) is 7.53. The van der Waals surface area contributed by atoms with Gasteiger partial charge in [-0.2, -0.15) is 0 Å². The molecule has 1 amide bonds. The fraction of sp³-hybridized carbons (Fsp3) is 0.500. The third-order valence-electron chi connectivity index (χ3n) is 2.59. The topological polar surface area (TPSA) is 61.4 Å². The molecule has 4 nitrogen and oxygen atoms in total. The van der Waals surface area contributed by atoms with E-state index in [2.05, 4.69) is 30.3 Å². The lowest BCUT2D eigenvalue weighted by atomic mass is 10.2. The van der Waals surface area contributed by atoms with Crippen LogP contribution in [0.2, 0.25) is 19.6 Å². The molecule has 0 spiro atoms. The Balaban J connectivity index is 2.49. The van der Waals surface area contributed by atoms with E-state index in [4.69, 9.17) is 5.11 Å². The molecule has 106 valence electrons. The van der Waals surface area contributed by atoms with Gasteiger partial charge in [0.05, 0.1) is 8.07 Å². The van der Waals surface area contributed by atoms with Crippen LogP contribution in [-0.2, 0) is 0 Å². The quantitative estimate of drug-likeness (QED) is 0.529. The lowest BCUT2D eigenvalue weighted by molar-refractivity contribution is 0.0951. The first-order valence-electron chi connectivity index (χ1n) is 6.65. The van der Waals surface area contributed by atoms with Crippen LogP contribution in [0.1, 0.15) is 16.8 Å². The van der Waals surface area contributed by atoms with Gasteiger partial charge in [0.1, 0.15) is 0 Å². The smallest absolute Gasteiger partial charge is 0.251 e. The van der Waals surface area contributed by atoms with Crippen molar-refractivity contribution in [3.05, 3.63) is 29.8 Å². The van der Waals surface area contributed by atoms with Crippen LogP contribution in [0, 0.1) is 0 Å². The fourth-order valence-electron chi connectivity index (χ4n) is 1.49. The molecule has 0 heterocycles. The van der Waals surface area contributed by atoms with Crippen molar-refractivity contribution in [2.24, 2.45) is 0 Å². The summed E-state index contributed by atoms with van der Waals surface area (Å²) >= 11 is 0. The number of carbonyl (C=O) groups is 1. The van der Waals surface area contributed by atoms with Crippen molar-refractivity contribution in [3.8, 4) is 0 Å². The Hall–Kier alpha value is -1.33. The van der Waals surface area contributed by atoms with Crippen molar-refractivity contribution in [1.82, 2.24) is 5.32 Å². The molecule has 0 aliphatic rings. The Labute approximate surface area is 116 Å². The molecular weight excluding hydrogens is 256 g/mol. The normalized spacial score (nSPS) is 11.2. The van der Waals surface area contributed by atoms with Crippen molar-refractivity contribution < 1.29 is 9.90 Å². The number of hydrogen-bond acceptors (Lipinski definition) is 3. The van der Waals surface area contributed by atoms with Crippen molar-refractivity contribution in [3.63, 3.8) is 0 Å². The summed E-state index contributed by atoms with van der Waals surface area (Å²) in [5.41, 5.74) is 1.70. The number of anilines is 1. The highest BCUT2D eigenvalue weighted by Crippen LogP contribution is 2.11. The van der Waals surface area contributed by atoms with Crippen LogP contribution in [-0.4, -0.2) is 38.4 Å². The molecule has 0 unspecified atom stereocenters. The van der Waals surface area contributed by atoms with Crippen LogP contribution in [0.5, 0.6) is 0 Å². The average Bonchev–Trinajstić information content (AvgIpc) is 2.36. The zero-order valence-electron chi connectivity index (χ0n) is 12.0. The van der Waals surface area contributed by atoms with Crippen LogP contribution in [0.4, 0.5) is 5.69 Å². The third kappa shape index (κ3) is 6.40. The Morgan fingerprint density at radius 2 is 1.84 bits per heavy atom. The molecule has 0 radical (unpaired) electrons. The van der Waals surface area contributed by atoms with Gasteiger partial charge in [0.2, 0.25) is 0 Å². The molecule has 19 heavy (non-hydrogen) atoms. The van der Waals surface area contributed by atoms with Crippen LogP contribution >= 0.6 is 0 Å². The molecule has 0 aliphatic heterocycles. The van der Waals surface area contributed by atoms with Crippen molar-refractivity contribution >= 4 is 19.7 Å². The molecular formula is C14H24N2O2Si. The highest BCUT2D eigenvalue weighted by atomic mass is 28.3. The summed E-state index contributed by atoms with van der Waals surface area (Å²) in [4.78, 5) is 11.7. The highest BCUT2D eigenvalue weighted by Gasteiger charge is 2.12. The number of nitrogens with one attached hydrogen (secondary N) is 2. The Morgan fingerprint density at radius 3 is 2.37 bits per heavy atom. The van der Waals surface area contributed by atoms with Crippen molar-refractivity contribution in [2.45, 2.75) is 26.1 Å². The van der Waals surface area contributed by atoms with Crippen molar-refractivity contribution in [1.29, 1.82) is 0 Å². The first kappa shape index (κ1) is 15.7. The van der Waals surface area contributed by atoms with Crippen LogP contribution in [0.15, 0.2) is 24.3 Å². The van der Waals surface area contributed by atoms with E-state index in [0.717, 1.165) is 11.9 Å². The second-order valence-corrected chi connectivity index (χ2v) is 11.3. The minimum atomic E-state index is -1.11. The van der Waals surface area contributed by atoms with Gasteiger partial charge in [0, 0.05) is 30.6 Å². The minimum absolute atomic E-state index is 0.0924. The summed E-state index contributed by atoms with van der Waals surface area (Å²) in [6.07, 6.45) is 1.61. The van der Waals surface area contributed by atoms with Crippen LogP contribution in [0.25, 0.3) is 0 Å². The summed E-state index contributed by atoms with van der Waals surface area (Å²) in [6, 6.07) is 7.50. The number of rotatable bonds is 7. The van der Waals surface area contributed by atoms with Gasteiger partial charge >= 0.3 is 0 Å². The molecule has 0 aliphatic carbocycles. The molecule has 0 saturated heterocycles. The molecule has 0 saturated carbocycles. The first-order valence-corrected chi connectivity index (χ1v) is 10.4. The van der Waals surface area contributed by atoms with Crippen LogP contribution in [0.3, 0.4) is 0 Å². The Bertz CT molecular complexity index is 399. The first-order chi connectivity index (χ1) is 8.92. The maximum Gasteiger partial charge on any atom is 0.251 e. The van der Waals surface area contributed by atoms with Crippen molar-refractivity contribution in [2.75, 3.05) is 24.6 Å². The molecule has 5 heteroatoms. The largest absolute Gasteiger partial charge is 0.396 e. The van der Waals surface area contributed by atoms with Gasteiger partial charge in [-0.25, -0.2) is 0 Å². The average molecular weight is 280 g/mol. The molecule has 0 bridgehead atoms. The van der Waals surface area contributed by atoms with E-state index in [0.29, 0.717) is 18.5 Å². The molecule has 0 fully saturated rings. The van der Waals surface area contributed by atoms with Gasteiger partial charge < -0.3 is 15.7 Å². The summed E-state index contributed by atoms with van der Waals surface area (Å²) in [5.74, 6) is -0.0924. The Kier molecular flexibility index (Phi) is 6.04. The second kappa shape index (κ2) is 7.30.